The first kappa shape index (κ1) is 17.7. The van der Waals surface area contributed by atoms with Gasteiger partial charge in [-0.15, -0.1) is 0 Å². The number of rotatable bonds is 5. The van der Waals surface area contributed by atoms with Crippen molar-refractivity contribution >= 4 is 11.9 Å². The number of carboxylic acid groups (broad SMARTS) is 1. The number of nitrogens with one attached hydrogen (secondary N) is 1. The zero-order chi connectivity index (χ0) is 17.7. The van der Waals surface area contributed by atoms with Gasteiger partial charge in [0.05, 0.1) is 6.04 Å². The van der Waals surface area contributed by atoms with Gasteiger partial charge in [0.25, 0.3) is 5.91 Å². The molecule has 2 aromatic carbocycles. The minimum Gasteiger partial charge on any atom is -0.550 e. The van der Waals surface area contributed by atoms with Crippen molar-refractivity contribution in [3.05, 3.63) is 71.3 Å². The topological polar surface area (TPSA) is 69.2 Å². The van der Waals surface area contributed by atoms with Crippen LogP contribution in [-0.4, -0.2) is 11.9 Å². The molecular weight excluding hydrogens is 302 g/mol. The molecule has 0 saturated carbocycles. The van der Waals surface area contributed by atoms with Gasteiger partial charge in [-0.05, 0) is 28.7 Å². The molecule has 1 unspecified atom stereocenters. The Hall–Kier alpha value is -2.62. The molecular formula is C20H22NO3-. The maximum Gasteiger partial charge on any atom is 0.251 e. The summed E-state index contributed by atoms with van der Waals surface area (Å²) in [6.07, 6.45) is -0.270. The molecule has 2 rings (SSSR count). The number of hydrogen-bond acceptors (Lipinski definition) is 3. The quantitative estimate of drug-likeness (QED) is 0.919. The number of benzene rings is 2. The summed E-state index contributed by atoms with van der Waals surface area (Å²) >= 11 is 0. The lowest BCUT2D eigenvalue weighted by atomic mass is 9.86. The number of aliphatic carboxylic acids is 1. The van der Waals surface area contributed by atoms with Gasteiger partial charge in [0.2, 0.25) is 0 Å². The van der Waals surface area contributed by atoms with Crippen LogP contribution in [0.1, 0.15) is 54.7 Å². The summed E-state index contributed by atoms with van der Waals surface area (Å²) in [4.78, 5) is 23.4. The van der Waals surface area contributed by atoms with Crippen molar-refractivity contribution < 1.29 is 14.7 Å². The first-order chi connectivity index (χ1) is 11.3. The van der Waals surface area contributed by atoms with Crippen LogP contribution < -0.4 is 10.4 Å². The smallest absolute Gasteiger partial charge is 0.251 e. The number of carboxylic acids is 1. The average Bonchev–Trinajstić information content (AvgIpc) is 2.54. The van der Waals surface area contributed by atoms with Gasteiger partial charge in [-0.25, -0.2) is 0 Å². The molecule has 4 heteroatoms. The van der Waals surface area contributed by atoms with Crippen LogP contribution in [0.3, 0.4) is 0 Å². The summed E-state index contributed by atoms with van der Waals surface area (Å²) in [5.74, 6) is -1.50. The minimum absolute atomic E-state index is 0.00959. The summed E-state index contributed by atoms with van der Waals surface area (Å²) in [5.41, 5.74) is 2.40. The van der Waals surface area contributed by atoms with E-state index in [0.717, 1.165) is 11.1 Å². The molecule has 0 heterocycles. The van der Waals surface area contributed by atoms with Crippen LogP contribution in [0.5, 0.6) is 0 Å². The van der Waals surface area contributed by atoms with Crippen LogP contribution >= 0.6 is 0 Å². The van der Waals surface area contributed by atoms with Crippen LogP contribution in [0.4, 0.5) is 0 Å². The predicted molar refractivity (Wildman–Crippen MR) is 91.4 cm³/mol. The van der Waals surface area contributed by atoms with Gasteiger partial charge in [0, 0.05) is 18.0 Å². The molecule has 0 aliphatic heterocycles. The van der Waals surface area contributed by atoms with Crippen LogP contribution in [0, 0.1) is 0 Å². The lowest BCUT2D eigenvalue weighted by molar-refractivity contribution is -0.306. The minimum atomic E-state index is -1.20. The monoisotopic (exact) mass is 324 g/mol. The number of hydrogen-bond donors (Lipinski definition) is 1. The van der Waals surface area contributed by atoms with Crippen molar-refractivity contribution in [2.24, 2.45) is 0 Å². The maximum absolute atomic E-state index is 12.3. The van der Waals surface area contributed by atoms with E-state index in [4.69, 9.17) is 0 Å². The molecule has 1 amide bonds. The highest BCUT2D eigenvalue weighted by Gasteiger charge is 2.18. The van der Waals surface area contributed by atoms with Crippen LogP contribution in [0.2, 0.25) is 0 Å². The molecule has 0 bridgehead atoms. The Balaban J connectivity index is 2.22. The zero-order valence-corrected chi connectivity index (χ0v) is 14.2. The van der Waals surface area contributed by atoms with Gasteiger partial charge in [-0.1, -0.05) is 63.2 Å². The summed E-state index contributed by atoms with van der Waals surface area (Å²) in [5, 5.41) is 13.8. The van der Waals surface area contributed by atoms with Gasteiger partial charge < -0.3 is 15.2 Å². The van der Waals surface area contributed by atoms with E-state index in [1.165, 1.54) is 0 Å². The standard InChI is InChI=1S/C20H23NO3/c1-20(2,3)16-11-9-14(10-12-16)17(13-18(22)23)21-19(24)15-7-5-4-6-8-15/h4-12,17H,13H2,1-3H3,(H,21,24)(H,22,23)/p-1. The second kappa shape index (κ2) is 7.30. The summed E-state index contributed by atoms with van der Waals surface area (Å²) in [6, 6.07) is 15.7. The number of carbonyl (C=O) groups excluding carboxylic acids is 2. The van der Waals surface area contributed by atoms with E-state index in [2.05, 4.69) is 26.1 Å². The van der Waals surface area contributed by atoms with Gasteiger partial charge in [0.15, 0.2) is 0 Å². The van der Waals surface area contributed by atoms with E-state index in [1.54, 1.807) is 24.3 Å². The van der Waals surface area contributed by atoms with Crippen molar-refractivity contribution in [2.45, 2.75) is 38.6 Å². The van der Waals surface area contributed by atoms with E-state index in [0.29, 0.717) is 5.56 Å². The molecule has 2 aromatic rings. The second-order valence-electron chi connectivity index (χ2n) is 6.84. The molecule has 0 spiro atoms. The van der Waals surface area contributed by atoms with E-state index in [-0.39, 0.29) is 17.7 Å². The van der Waals surface area contributed by atoms with E-state index < -0.39 is 12.0 Å². The molecule has 0 saturated heterocycles. The van der Waals surface area contributed by atoms with Gasteiger partial charge in [-0.2, -0.15) is 0 Å². The highest BCUT2D eigenvalue weighted by molar-refractivity contribution is 5.94. The third kappa shape index (κ3) is 4.69. The van der Waals surface area contributed by atoms with Crippen molar-refractivity contribution in [3.8, 4) is 0 Å². The molecule has 0 radical (unpaired) electrons. The van der Waals surface area contributed by atoms with Crippen LogP contribution in [-0.2, 0) is 10.2 Å². The Morgan fingerprint density at radius 1 is 1.00 bits per heavy atom. The van der Waals surface area contributed by atoms with Crippen molar-refractivity contribution in [1.29, 1.82) is 0 Å². The van der Waals surface area contributed by atoms with Gasteiger partial charge >= 0.3 is 0 Å². The third-order valence-corrected chi connectivity index (χ3v) is 3.89. The Kier molecular flexibility index (Phi) is 5.39. The van der Waals surface area contributed by atoms with Gasteiger partial charge in [-0.3, -0.25) is 4.79 Å². The lowest BCUT2D eigenvalue weighted by Crippen LogP contribution is -2.34. The molecule has 24 heavy (non-hydrogen) atoms. The molecule has 0 aliphatic carbocycles. The normalized spacial score (nSPS) is 12.5. The predicted octanol–water partition coefficient (Wildman–Crippen LogP) is 2.60. The fourth-order valence-electron chi connectivity index (χ4n) is 2.47. The largest absolute Gasteiger partial charge is 0.550 e. The average molecular weight is 324 g/mol. The number of carbonyl (C=O) groups is 2. The van der Waals surface area contributed by atoms with E-state index in [1.807, 2.05) is 30.3 Å². The van der Waals surface area contributed by atoms with Gasteiger partial charge in [0.1, 0.15) is 0 Å². The summed E-state index contributed by atoms with van der Waals surface area (Å²) in [6.45, 7) is 6.33. The number of amides is 1. The Morgan fingerprint density at radius 2 is 1.58 bits per heavy atom. The van der Waals surface area contributed by atoms with Crippen molar-refractivity contribution in [3.63, 3.8) is 0 Å². The third-order valence-electron chi connectivity index (χ3n) is 3.89. The highest BCUT2D eigenvalue weighted by Crippen LogP contribution is 2.25. The molecule has 1 atom stereocenters. The zero-order valence-electron chi connectivity index (χ0n) is 14.2. The Bertz CT molecular complexity index is 700. The molecule has 1 N–H and O–H groups in total. The summed E-state index contributed by atoms with van der Waals surface area (Å²) in [7, 11) is 0. The molecule has 0 aliphatic rings. The Morgan fingerprint density at radius 3 is 2.08 bits per heavy atom. The maximum atomic E-state index is 12.3. The first-order valence-corrected chi connectivity index (χ1v) is 7.93. The first-order valence-electron chi connectivity index (χ1n) is 7.93. The second-order valence-corrected chi connectivity index (χ2v) is 6.84. The molecule has 126 valence electrons. The SMILES string of the molecule is CC(C)(C)c1ccc(C(CC(=O)[O-])NC(=O)c2ccccc2)cc1. The lowest BCUT2D eigenvalue weighted by Gasteiger charge is -2.23. The van der Waals surface area contributed by atoms with Crippen molar-refractivity contribution in [2.75, 3.05) is 0 Å². The fourth-order valence-corrected chi connectivity index (χ4v) is 2.47. The molecule has 4 nitrogen and oxygen atoms in total. The van der Waals surface area contributed by atoms with E-state index in [9.17, 15) is 14.7 Å². The Labute approximate surface area is 142 Å². The highest BCUT2D eigenvalue weighted by atomic mass is 16.4. The fraction of sp³-hybridized carbons (Fsp3) is 0.300. The molecule has 0 fully saturated rings. The van der Waals surface area contributed by atoms with Crippen molar-refractivity contribution in [1.82, 2.24) is 5.32 Å². The van der Waals surface area contributed by atoms with E-state index >= 15 is 0 Å². The molecule has 0 aromatic heterocycles. The van der Waals surface area contributed by atoms with Crippen LogP contribution in [0.15, 0.2) is 54.6 Å². The summed E-state index contributed by atoms with van der Waals surface area (Å²) < 4.78 is 0. The van der Waals surface area contributed by atoms with Crippen LogP contribution in [0.25, 0.3) is 0 Å².